The smallest absolute Gasteiger partial charge is 0.328 e. The van der Waals surface area contributed by atoms with Gasteiger partial charge in [0, 0.05) is 6.54 Å². The molecule has 0 fully saturated rings. The van der Waals surface area contributed by atoms with Crippen LogP contribution in [0.1, 0.15) is 33.5 Å². The summed E-state index contributed by atoms with van der Waals surface area (Å²) in [5.74, 6) is -1.92. The number of carbonyl (C=O) groups is 3. The molecule has 1 aliphatic heterocycles. The van der Waals surface area contributed by atoms with E-state index in [2.05, 4.69) is 5.10 Å². The van der Waals surface area contributed by atoms with Gasteiger partial charge in [-0.1, -0.05) is 17.2 Å². The van der Waals surface area contributed by atoms with Crippen molar-refractivity contribution in [1.82, 2.24) is 19.4 Å². The molecule has 1 aromatic carbocycles. The van der Waals surface area contributed by atoms with Crippen LogP contribution in [0.5, 0.6) is 0 Å². The van der Waals surface area contributed by atoms with Gasteiger partial charge in [-0.05, 0) is 26.0 Å². The molecule has 0 unspecified atom stereocenters. The van der Waals surface area contributed by atoms with Crippen molar-refractivity contribution in [3.05, 3.63) is 51.7 Å². The highest BCUT2D eigenvalue weighted by atomic mass is 16.7. The summed E-state index contributed by atoms with van der Waals surface area (Å²) in [6, 6.07) is 6.16. The van der Waals surface area contributed by atoms with E-state index in [0.29, 0.717) is 17.4 Å². The van der Waals surface area contributed by atoms with Crippen LogP contribution < -0.4 is 5.69 Å². The highest BCUT2D eigenvalue weighted by Crippen LogP contribution is 2.22. The number of fused-ring (bicyclic) bond motifs is 1. The Morgan fingerprint density at radius 1 is 1.12 bits per heavy atom. The van der Waals surface area contributed by atoms with E-state index in [1.54, 1.807) is 26.0 Å². The summed E-state index contributed by atoms with van der Waals surface area (Å²) in [5, 5.41) is 4.36. The molecule has 0 saturated heterocycles. The standard InChI is InChI=1S/C15H14N4O5/c1-3-17-9(2)16-18(15(17)23)8-12(20)24-19-13(21)10-6-4-5-7-11(10)14(19)22/h4-7H,3,8H2,1-2H3. The first-order valence-electron chi connectivity index (χ1n) is 7.27. The van der Waals surface area contributed by atoms with Crippen LogP contribution in [0.15, 0.2) is 29.1 Å². The van der Waals surface area contributed by atoms with Crippen LogP contribution in [0.3, 0.4) is 0 Å². The summed E-state index contributed by atoms with van der Waals surface area (Å²) in [4.78, 5) is 53.1. The van der Waals surface area contributed by atoms with Crippen molar-refractivity contribution < 1.29 is 19.2 Å². The number of nitrogens with zero attached hydrogens (tertiary/aromatic N) is 4. The largest absolute Gasteiger partial charge is 0.354 e. The summed E-state index contributed by atoms with van der Waals surface area (Å²) < 4.78 is 2.31. The highest BCUT2D eigenvalue weighted by molar-refractivity contribution is 6.20. The van der Waals surface area contributed by atoms with Crippen molar-refractivity contribution in [3.8, 4) is 0 Å². The maximum absolute atomic E-state index is 12.1. The lowest BCUT2D eigenvalue weighted by Crippen LogP contribution is -2.36. The zero-order chi connectivity index (χ0) is 17.4. The predicted molar refractivity (Wildman–Crippen MR) is 79.9 cm³/mol. The number of hydrogen-bond acceptors (Lipinski definition) is 6. The first-order valence-corrected chi connectivity index (χ1v) is 7.27. The minimum Gasteiger partial charge on any atom is -0.328 e. The van der Waals surface area contributed by atoms with Gasteiger partial charge < -0.3 is 4.84 Å². The fourth-order valence-corrected chi connectivity index (χ4v) is 2.52. The summed E-state index contributed by atoms with van der Waals surface area (Å²) in [6.07, 6.45) is 0. The summed E-state index contributed by atoms with van der Waals surface area (Å²) in [5.41, 5.74) is -0.133. The number of hydroxylamine groups is 2. The molecule has 2 amide bonds. The van der Waals surface area contributed by atoms with E-state index in [9.17, 15) is 19.2 Å². The van der Waals surface area contributed by atoms with Gasteiger partial charge in [0.05, 0.1) is 11.1 Å². The van der Waals surface area contributed by atoms with Gasteiger partial charge >= 0.3 is 11.7 Å². The molecule has 9 heteroatoms. The number of amides is 2. The van der Waals surface area contributed by atoms with E-state index in [1.807, 2.05) is 0 Å². The molecule has 1 aromatic heterocycles. The molecule has 3 rings (SSSR count). The molecule has 124 valence electrons. The second-order valence-electron chi connectivity index (χ2n) is 5.15. The van der Waals surface area contributed by atoms with Crippen molar-refractivity contribution in [2.75, 3.05) is 0 Å². The first-order chi connectivity index (χ1) is 11.4. The number of benzene rings is 1. The molecular formula is C15H14N4O5. The van der Waals surface area contributed by atoms with Crippen LogP contribution in [-0.4, -0.2) is 37.2 Å². The molecule has 2 aromatic rings. The Kier molecular flexibility index (Phi) is 3.76. The third-order valence-electron chi connectivity index (χ3n) is 3.65. The monoisotopic (exact) mass is 330 g/mol. The van der Waals surface area contributed by atoms with Crippen LogP contribution in [0.4, 0.5) is 0 Å². The minimum absolute atomic E-state index is 0.165. The Hall–Kier alpha value is -3.23. The van der Waals surface area contributed by atoms with E-state index in [4.69, 9.17) is 4.84 Å². The molecule has 0 bridgehead atoms. The van der Waals surface area contributed by atoms with Crippen LogP contribution in [-0.2, 0) is 22.7 Å². The molecule has 2 heterocycles. The van der Waals surface area contributed by atoms with E-state index in [-0.39, 0.29) is 11.1 Å². The van der Waals surface area contributed by atoms with Gasteiger partial charge in [-0.15, -0.1) is 0 Å². The maximum atomic E-state index is 12.1. The van der Waals surface area contributed by atoms with Gasteiger partial charge in [0.1, 0.15) is 12.4 Å². The molecule has 0 aliphatic carbocycles. The van der Waals surface area contributed by atoms with E-state index in [0.717, 1.165) is 4.68 Å². The number of rotatable bonds is 4. The zero-order valence-corrected chi connectivity index (χ0v) is 13.1. The Balaban J connectivity index is 1.76. The molecule has 24 heavy (non-hydrogen) atoms. The minimum atomic E-state index is -0.938. The third-order valence-corrected chi connectivity index (χ3v) is 3.65. The van der Waals surface area contributed by atoms with Gasteiger partial charge in [0.2, 0.25) is 0 Å². The number of aryl methyl sites for hydroxylation is 1. The van der Waals surface area contributed by atoms with Crippen LogP contribution >= 0.6 is 0 Å². The van der Waals surface area contributed by atoms with Gasteiger partial charge in [-0.3, -0.25) is 14.2 Å². The lowest BCUT2D eigenvalue weighted by atomic mass is 10.1. The van der Waals surface area contributed by atoms with Gasteiger partial charge in [-0.2, -0.15) is 5.10 Å². The molecule has 0 spiro atoms. The second-order valence-corrected chi connectivity index (χ2v) is 5.15. The van der Waals surface area contributed by atoms with Crippen molar-refractivity contribution >= 4 is 17.8 Å². The predicted octanol–water partition coefficient (Wildman–Crippen LogP) is 0.128. The average Bonchev–Trinajstić information content (AvgIpc) is 2.96. The molecule has 1 aliphatic rings. The summed E-state index contributed by atoms with van der Waals surface area (Å²) in [6.45, 7) is 3.33. The molecule has 0 N–H and O–H groups in total. The van der Waals surface area contributed by atoms with Crippen molar-refractivity contribution in [2.24, 2.45) is 0 Å². The van der Waals surface area contributed by atoms with Gasteiger partial charge in [0.15, 0.2) is 0 Å². The van der Waals surface area contributed by atoms with E-state index < -0.39 is 30.0 Å². The summed E-state index contributed by atoms with van der Waals surface area (Å²) >= 11 is 0. The molecule has 0 radical (unpaired) electrons. The lowest BCUT2D eigenvalue weighted by molar-refractivity contribution is -0.169. The van der Waals surface area contributed by atoms with E-state index >= 15 is 0 Å². The van der Waals surface area contributed by atoms with Crippen molar-refractivity contribution in [2.45, 2.75) is 26.9 Å². The lowest BCUT2D eigenvalue weighted by Gasteiger charge is -2.12. The van der Waals surface area contributed by atoms with Crippen molar-refractivity contribution in [1.29, 1.82) is 0 Å². The normalized spacial score (nSPS) is 13.3. The molecule has 9 nitrogen and oxygen atoms in total. The Bertz CT molecular complexity index is 876. The highest BCUT2D eigenvalue weighted by Gasteiger charge is 2.38. The number of aromatic nitrogens is 3. The fraction of sp³-hybridized carbons (Fsp3) is 0.267. The van der Waals surface area contributed by atoms with Gasteiger partial charge in [0.25, 0.3) is 11.8 Å². The topological polar surface area (TPSA) is 104 Å². The molecular weight excluding hydrogens is 316 g/mol. The average molecular weight is 330 g/mol. The molecule has 0 atom stereocenters. The van der Waals surface area contributed by atoms with Crippen LogP contribution in [0, 0.1) is 6.92 Å². The SMILES string of the molecule is CCn1c(C)nn(CC(=O)ON2C(=O)c3ccccc3C2=O)c1=O. The van der Waals surface area contributed by atoms with E-state index in [1.165, 1.54) is 16.7 Å². The van der Waals surface area contributed by atoms with Crippen molar-refractivity contribution in [3.63, 3.8) is 0 Å². The zero-order valence-electron chi connectivity index (χ0n) is 13.1. The Morgan fingerprint density at radius 3 is 2.21 bits per heavy atom. The first kappa shape index (κ1) is 15.7. The van der Waals surface area contributed by atoms with Crippen LogP contribution in [0.2, 0.25) is 0 Å². The van der Waals surface area contributed by atoms with Crippen LogP contribution in [0.25, 0.3) is 0 Å². The number of imide groups is 1. The quantitative estimate of drug-likeness (QED) is 0.738. The maximum Gasteiger partial charge on any atom is 0.354 e. The fourth-order valence-electron chi connectivity index (χ4n) is 2.52. The number of carbonyl (C=O) groups excluding carboxylic acids is 3. The third kappa shape index (κ3) is 2.39. The second kappa shape index (κ2) is 5.76. The summed E-state index contributed by atoms with van der Waals surface area (Å²) in [7, 11) is 0. The molecule has 0 saturated carbocycles. The Morgan fingerprint density at radius 2 is 1.71 bits per heavy atom. The van der Waals surface area contributed by atoms with Gasteiger partial charge in [-0.25, -0.2) is 14.3 Å². The Labute approximate surface area is 136 Å². The number of hydrogen-bond donors (Lipinski definition) is 0.